The molecule has 0 spiro atoms. The molecule has 0 heterocycles. The fourth-order valence-electron chi connectivity index (χ4n) is 2.85. The van der Waals surface area contributed by atoms with Crippen LogP contribution in [0.15, 0.2) is 30.3 Å². The van der Waals surface area contributed by atoms with Crippen LogP contribution < -0.4 is 5.32 Å². The van der Waals surface area contributed by atoms with E-state index < -0.39 is 12.0 Å². The number of carboxylic acid groups (broad SMARTS) is 1. The first-order valence-electron chi connectivity index (χ1n) is 7.20. The quantitative estimate of drug-likeness (QED) is 0.817. The molecule has 3 unspecified atom stereocenters. The first-order chi connectivity index (χ1) is 9.16. The van der Waals surface area contributed by atoms with E-state index in [2.05, 4.69) is 12.2 Å². The number of hydrogen-bond donors (Lipinski definition) is 2. The lowest BCUT2D eigenvalue weighted by Gasteiger charge is -2.22. The normalized spacial score (nSPS) is 25.5. The molecule has 0 radical (unpaired) electrons. The van der Waals surface area contributed by atoms with Crippen molar-refractivity contribution in [2.45, 2.75) is 51.1 Å². The third kappa shape index (κ3) is 4.06. The van der Waals surface area contributed by atoms with Crippen molar-refractivity contribution in [2.24, 2.45) is 5.92 Å². The fourth-order valence-corrected chi connectivity index (χ4v) is 2.85. The molecule has 0 amide bonds. The Morgan fingerprint density at radius 1 is 1.21 bits per heavy atom. The molecule has 0 aromatic heterocycles. The molecule has 1 aromatic carbocycles. The van der Waals surface area contributed by atoms with Crippen LogP contribution in [0, 0.1) is 5.92 Å². The maximum Gasteiger partial charge on any atom is 0.325 e. The van der Waals surface area contributed by atoms with Gasteiger partial charge in [-0.15, -0.1) is 0 Å². The Morgan fingerprint density at radius 3 is 2.63 bits per heavy atom. The number of hydrogen-bond acceptors (Lipinski definition) is 2. The Labute approximate surface area is 115 Å². The third-order valence-corrected chi connectivity index (χ3v) is 4.04. The summed E-state index contributed by atoms with van der Waals surface area (Å²) in [6.45, 7) is 2.29. The predicted molar refractivity (Wildman–Crippen MR) is 76.0 cm³/mol. The van der Waals surface area contributed by atoms with Crippen LogP contribution in [0.25, 0.3) is 0 Å². The van der Waals surface area contributed by atoms with Gasteiger partial charge in [-0.2, -0.15) is 0 Å². The van der Waals surface area contributed by atoms with Crippen LogP contribution >= 0.6 is 0 Å². The van der Waals surface area contributed by atoms with Crippen LogP contribution in [0.2, 0.25) is 0 Å². The fraction of sp³-hybridized carbons (Fsp3) is 0.562. The van der Waals surface area contributed by atoms with E-state index in [0.29, 0.717) is 6.04 Å². The van der Waals surface area contributed by atoms with E-state index in [4.69, 9.17) is 0 Å². The summed E-state index contributed by atoms with van der Waals surface area (Å²) in [5.41, 5.74) is 0.840. The Morgan fingerprint density at radius 2 is 1.95 bits per heavy atom. The molecule has 104 valence electrons. The van der Waals surface area contributed by atoms with E-state index in [0.717, 1.165) is 24.3 Å². The zero-order valence-electron chi connectivity index (χ0n) is 11.5. The van der Waals surface area contributed by atoms with Crippen LogP contribution in [-0.2, 0) is 4.79 Å². The number of carbonyl (C=O) groups is 1. The minimum Gasteiger partial charge on any atom is -0.480 e. The molecule has 1 aliphatic rings. The van der Waals surface area contributed by atoms with Gasteiger partial charge in [0.25, 0.3) is 0 Å². The van der Waals surface area contributed by atoms with Crippen LogP contribution in [0.3, 0.4) is 0 Å². The number of benzene rings is 1. The van der Waals surface area contributed by atoms with Gasteiger partial charge >= 0.3 is 5.97 Å². The van der Waals surface area contributed by atoms with Crippen LogP contribution in [-0.4, -0.2) is 17.1 Å². The van der Waals surface area contributed by atoms with Gasteiger partial charge in [-0.05, 0) is 30.7 Å². The number of carboxylic acids is 1. The second-order valence-corrected chi connectivity index (χ2v) is 5.66. The molecule has 1 aliphatic carbocycles. The van der Waals surface area contributed by atoms with Crippen molar-refractivity contribution in [2.75, 3.05) is 0 Å². The first kappa shape index (κ1) is 14.1. The standard InChI is InChI=1S/C16H23NO2/c1-12-6-5-9-14(11-10-12)17-15(16(18)19)13-7-3-2-4-8-13/h2-4,7-8,12,14-15,17H,5-6,9-11H2,1H3,(H,18,19). The minimum atomic E-state index is -0.788. The molecule has 0 bridgehead atoms. The van der Waals surface area contributed by atoms with Crippen molar-refractivity contribution < 1.29 is 9.90 Å². The highest BCUT2D eigenvalue weighted by atomic mass is 16.4. The Kier molecular flexibility index (Phi) is 4.97. The molecule has 0 saturated heterocycles. The molecule has 0 aliphatic heterocycles. The van der Waals surface area contributed by atoms with Gasteiger partial charge in [-0.3, -0.25) is 10.1 Å². The van der Waals surface area contributed by atoms with Gasteiger partial charge in [0.2, 0.25) is 0 Å². The molecule has 19 heavy (non-hydrogen) atoms. The smallest absolute Gasteiger partial charge is 0.325 e. The summed E-state index contributed by atoms with van der Waals surface area (Å²) < 4.78 is 0. The maximum absolute atomic E-state index is 11.5. The molecule has 2 rings (SSSR count). The lowest BCUT2D eigenvalue weighted by Crippen LogP contribution is -2.36. The third-order valence-electron chi connectivity index (χ3n) is 4.04. The summed E-state index contributed by atoms with van der Waals surface area (Å²) >= 11 is 0. The van der Waals surface area contributed by atoms with Crippen molar-refractivity contribution >= 4 is 5.97 Å². The number of rotatable bonds is 4. The number of aliphatic carboxylic acids is 1. The van der Waals surface area contributed by atoms with Crippen molar-refractivity contribution in [3.05, 3.63) is 35.9 Å². The lowest BCUT2D eigenvalue weighted by molar-refractivity contribution is -0.140. The molecule has 1 aromatic rings. The molecular weight excluding hydrogens is 238 g/mol. The van der Waals surface area contributed by atoms with Gasteiger partial charge in [-0.1, -0.05) is 50.1 Å². The van der Waals surface area contributed by atoms with E-state index in [1.807, 2.05) is 30.3 Å². The summed E-state index contributed by atoms with van der Waals surface area (Å²) in [5, 5.41) is 12.7. The van der Waals surface area contributed by atoms with Gasteiger partial charge in [0, 0.05) is 6.04 Å². The minimum absolute atomic E-state index is 0.325. The predicted octanol–water partition coefficient (Wildman–Crippen LogP) is 3.37. The Balaban J connectivity index is 2.03. The highest BCUT2D eigenvalue weighted by molar-refractivity contribution is 5.75. The monoisotopic (exact) mass is 261 g/mol. The molecular formula is C16H23NO2. The molecule has 3 nitrogen and oxygen atoms in total. The van der Waals surface area contributed by atoms with Gasteiger partial charge in [-0.25, -0.2) is 0 Å². The highest BCUT2D eigenvalue weighted by Gasteiger charge is 2.24. The molecule has 1 saturated carbocycles. The molecule has 3 heteroatoms. The maximum atomic E-state index is 11.5. The topological polar surface area (TPSA) is 49.3 Å². The van der Waals surface area contributed by atoms with E-state index in [9.17, 15) is 9.90 Å². The van der Waals surface area contributed by atoms with Gasteiger partial charge in [0.05, 0.1) is 0 Å². The summed E-state index contributed by atoms with van der Waals surface area (Å²) in [4.78, 5) is 11.5. The van der Waals surface area contributed by atoms with Gasteiger partial charge < -0.3 is 5.11 Å². The van der Waals surface area contributed by atoms with E-state index in [1.165, 1.54) is 19.3 Å². The van der Waals surface area contributed by atoms with Crippen LogP contribution in [0.5, 0.6) is 0 Å². The highest BCUT2D eigenvalue weighted by Crippen LogP contribution is 2.24. The molecule has 2 N–H and O–H groups in total. The van der Waals surface area contributed by atoms with E-state index in [1.54, 1.807) is 0 Å². The summed E-state index contributed by atoms with van der Waals surface area (Å²) in [6.07, 6.45) is 5.82. The van der Waals surface area contributed by atoms with Crippen molar-refractivity contribution in [1.82, 2.24) is 5.32 Å². The van der Waals surface area contributed by atoms with Crippen molar-refractivity contribution in [1.29, 1.82) is 0 Å². The van der Waals surface area contributed by atoms with Gasteiger partial charge in [0.15, 0.2) is 0 Å². The second kappa shape index (κ2) is 6.71. The summed E-state index contributed by atoms with van der Waals surface area (Å²) in [7, 11) is 0. The summed E-state index contributed by atoms with van der Waals surface area (Å²) in [5.74, 6) is -0.0182. The lowest BCUT2D eigenvalue weighted by atomic mass is 10.0. The molecule has 3 atom stereocenters. The average Bonchev–Trinajstić information content (AvgIpc) is 2.61. The number of nitrogens with one attached hydrogen (secondary N) is 1. The zero-order valence-corrected chi connectivity index (χ0v) is 11.5. The second-order valence-electron chi connectivity index (χ2n) is 5.66. The summed E-state index contributed by atoms with van der Waals surface area (Å²) in [6, 6.07) is 9.20. The van der Waals surface area contributed by atoms with Crippen LogP contribution in [0.1, 0.15) is 50.6 Å². The Hall–Kier alpha value is -1.35. The van der Waals surface area contributed by atoms with Crippen LogP contribution in [0.4, 0.5) is 0 Å². The zero-order chi connectivity index (χ0) is 13.7. The van der Waals surface area contributed by atoms with Crippen molar-refractivity contribution in [3.8, 4) is 0 Å². The molecule has 1 fully saturated rings. The average molecular weight is 261 g/mol. The van der Waals surface area contributed by atoms with E-state index in [-0.39, 0.29) is 0 Å². The van der Waals surface area contributed by atoms with Crippen molar-refractivity contribution in [3.63, 3.8) is 0 Å². The Bertz CT molecular complexity index is 404. The van der Waals surface area contributed by atoms with Gasteiger partial charge in [0.1, 0.15) is 6.04 Å². The van der Waals surface area contributed by atoms with E-state index >= 15 is 0 Å². The first-order valence-corrected chi connectivity index (χ1v) is 7.20. The SMILES string of the molecule is CC1CCCC(NC(C(=O)O)c2ccccc2)CC1. The largest absolute Gasteiger partial charge is 0.480 e.